The monoisotopic (exact) mass is 257 g/mol. The first kappa shape index (κ1) is 16.3. The van der Waals surface area contributed by atoms with Crippen molar-refractivity contribution in [3.05, 3.63) is 29.8 Å². The summed E-state index contributed by atoms with van der Waals surface area (Å²) >= 11 is 0. The minimum Gasteiger partial charge on any atom is -0.496 e. The molecule has 0 aliphatic carbocycles. The van der Waals surface area contributed by atoms with Crippen LogP contribution in [0.15, 0.2) is 24.3 Å². The molecule has 0 saturated carbocycles. The molecule has 0 fully saturated rings. The number of para-hydroxylation sites is 1. The lowest BCUT2D eigenvalue weighted by atomic mass is 10.00. The second-order valence-corrected chi connectivity index (χ2v) is 4.70. The SMILES string of the molecule is COc1ccccc1C(C)CNCC(C)C.Cl. The highest BCUT2D eigenvalue weighted by Crippen LogP contribution is 2.25. The molecule has 0 spiro atoms. The Kier molecular flexibility index (Phi) is 8.01. The summed E-state index contributed by atoms with van der Waals surface area (Å²) in [5.41, 5.74) is 1.28. The molecule has 3 heteroatoms. The minimum absolute atomic E-state index is 0. The number of rotatable bonds is 6. The van der Waals surface area contributed by atoms with Crippen LogP contribution in [0, 0.1) is 5.92 Å². The molecule has 0 aliphatic rings. The van der Waals surface area contributed by atoms with Gasteiger partial charge in [0.15, 0.2) is 0 Å². The summed E-state index contributed by atoms with van der Waals surface area (Å²) in [7, 11) is 1.73. The van der Waals surface area contributed by atoms with E-state index in [-0.39, 0.29) is 12.4 Å². The van der Waals surface area contributed by atoms with Gasteiger partial charge in [-0.15, -0.1) is 12.4 Å². The van der Waals surface area contributed by atoms with Crippen molar-refractivity contribution in [2.24, 2.45) is 5.92 Å². The van der Waals surface area contributed by atoms with Crippen molar-refractivity contribution in [3.63, 3.8) is 0 Å². The fourth-order valence-electron chi connectivity index (χ4n) is 1.77. The summed E-state index contributed by atoms with van der Waals surface area (Å²) in [5.74, 6) is 2.17. The molecule has 1 atom stereocenters. The van der Waals surface area contributed by atoms with Gasteiger partial charge in [-0.2, -0.15) is 0 Å². The van der Waals surface area contributed by atoms with Gasteiger partial charge in [0.2, 0.25) is 0 Å². The summed E-state index contributed by atoms with van der Waals surface area (Å²) in [6.07, 6.45) is 0. The van der Waals surface area contributed by atoms with E-state index in [9.17, 15) is 0 Å². The molecule has 0 aliphatic heterocycles. The van der Waals surface area contributed by atoms with Gasteiger partial charge in [0.05, 0.1) is 7.11 Å². The first-order valence-corrected chi connectivity index (χ1v) is 5.98. The Morgan fingerprint density at radius 1 is 1.12 bits per heavy atom. The van der Waals surface area contributed by atoms with Gasteiger partial charge < -0.3 is 10.1 Å². The number of methoxy groups -OCH3 is 1. The quantitative estimate of drug-likeness (QED) is 0.843. The largest absolute Gasteiger partial charge is 0.496 e. The van der Waals surface area contributed by atoms with E-state index in [4.69, 9.17) is 4.74 Å². The molecule has 1 aromatic carbocycles. The van der Waals surface area contributed by atoms with Gasteiger partial charge >= 0.3 is 0 Å². The molecule has 0 amide bonds. The van der Waals surface area contributed by atoms with Crippen LogP contribution in [-0.4, -0.2) is 20.2 Å². The maximum absolute atomic E-state index is 5.37. The highest BCUT2D eigenvalue weighted by atomic mass is 35.5. The maximum atomic E-state index is 5.37. The summed E-state index contributed by atoms with van der Waals surface area (Å²) in [4.78, 5) is 0. The molecule has 98 valence electrons. The molecular formula is C14H24ClNO. The molecule has 1 aromatic rings. The third-order valence-electron chi connectivity index (χ3n) is 2.67. The van der Waals surface area contributed by atoms with Crippen LogP contribution in [0.25, 0.3) is 0 Å². The smallest absolute Gasteiger partial charge is 0.122 e. The Bertz CT molecular complexity index is 315. The van der Waals surface area contributed by atoms with Crippen molar-refractivity contribution in [1.29, 1.82) is 0 Å². The molecule has 0 aromatic heterocycles. The molecule has 1 N–H and O–H groups in total. The zero-order chi connectivity index (χ0) is 12.0. The van der Waals surface area contributed by atoms with Gasteiger partial charge in [0.25, 0.3) is 0 Å². The standard InChI is InChI=1S/C14H23NO.ClH/c1-11(2)9-15-10-12(3)13-7-5-6-8-14(13)16-4;/h5-8,11-12,15H,9-10H2,1-4H3;1H. The number of benzene rings is 1. The Labute approximate surface area is 111 Å². The molecule has 1 rings (SSSR count). The minimum atomic E-state index is 0. The Morgan fingerprint density at radius 3 is 2.35 bits per heavy atom. The first-order chi connectivity index (χ1) is 7.65. The van der Waals surface area contributed by atoms with E-state index < -0.39 is 0 Å². The van der Waals surface area contributed by atoms with Crippen LogP contribution in [0.1, 0.15) is 32.3 Å². The van der Waals surface area contributed by atoms with Crippen molar-refractivity contribution >= 4 is 12.4 Å². The molecular weight excluding hydrogens is 234 g/mol. The van der Waals surface area contributed by atoms with Crippen molar-refractivity contribution in [3.8, 4) is 5.75 Å². The van der Waals surface area contributed by atoms with E-state index in [1.807, 2.05) is 12.1 Å². The highest BCUT2D eigenvalue weighted by Gasteiger charge is 2.10. The zero-order valence-corrected chi connectivity index (χ0v) is 12.0. The van der Waals surface area contributed by atoms with Gasteiger partial charge in [0, 0.05) is 6.54 Å². The number of ether oxygens (including phenoxy) is 1. The van der Waals surface area contributed by atoms with E-state index in [0.29, 0.717) is 11.8 Å². The third kappa shape index (κ3) is 5.42. The Morgan fingerprint density at radius 2 is 1.76 bits per heavy atom. The molecule has 2 nitrogen and oxygen atoms in total. The normalized spacial score (nSPS) is 12.1. The topological polar surface area (TPSA) is 21.3 Å². The van der Waals surface area contributed by atoms with E-state index >= 15 is 0 Å². The lowest BCUT2D eigenvalue weighted by molar-refractivity contribution is 0.404. The Balaban J connectivity index is 0.00000256. The van der Waals surface area contributed by atoms with E-state index in [1.54, 1.807) is 7.11 Å². The molecule has 0 saturated heterocycles. The first-order valence-electron chi connectivity index (χ1n) is 5.98. The molecule has 1 unspecified atom stereocenters. The van der Waals surface area contributed by atoms with Crippen molar-refractivity contribution in [2.75, 3.05) is 20.2 Å². The van der Waals surface area contributed by atoms with Crippen LogP contribution in [0.5, 0.6) is 5.75 Å². The number of hydrogen-bond acceptors (Lipinski definition) is 2. The third-order valence-corrected chi connectivity index (χ3v) is 2.67. The summed E-state index contributed by atoms with van der Waals surface area (Å²) in [5, 5.41) is 3.48. The zero-order valence-electron chi connectivity index (χ0n) is 11.2. The Hall–Kier alpha value is -0.730. The predicted octanol–water partition coefficient (Wildman–Crippen LogP) is 3.47. The molecule has 17 heavy (non-hydrogen) atoms. The van der Waals surface area contributed by atoms with E-state index in [1.165, 1.54) is 5.56 Å². The van der Waals surface area contributed by atoms with Crippen LogP contribution in [0.4, 0.5) is 0 Å². The lowest BCUT2D eigenvalue weighted by Crippen LogP contribution is -2.24. The summed E-state index contributed by atoms with van der Waals surface area (Å²) < 4.78 is 5.37. The maximum Gasteiger partial charge on any atom is 0.122 e. The molecule has 0 radical (unpaired) electrons. The number of hydrogen-bond donors (Lipinski definition) is 1. The highest BCUT2D eigenvalue weighted by molar-refractivity contribution is 5.85. The molecule has 0 heterocycles. The fourth-order valence-corrected chi connectivity index (χ4v) is 1.77. The van der Waals surface area contributed by atoms with Crippen LogP contribution in [0.2, 0.25) is 0 Å². The van der Waals surface area contributed by atoms with Crippen molar-refractivity contribution in [2.45, 2.75) is 26.7 Å². The lowest BCUT2D eigenvalue weighted by Gasteiger charge is -2.17. The average Bonchev–Trinajstić information content (AvgIpc) is 2.28. The van der Waals surface area contributed by atoms with Gasteiger partial charge in [-0.05, 0) is 30.0 Å². The van der Waals surface area contributed by atoms with Gasteiger partial charge in [-0.1, -0.05) is 39.0 Å². The van der Waals surface area contributed by atoms with Gasteiger partial charge in [-0.25, -0.2) is 0 Å². The van der Waals surface area contributed by atoms with E-state index in [2.05, 4.69) is 38.2 Å². The second kappa shape index (κ2) is 8.37. The number of nitrogens with one attached hydrogen (secondary N) is 1. The second-order valence-electron chi connectivity index (χ2n) is 4.70. The van der Waals surface area contributed by atoms with Gasteiger partial charge in [-0.3, -0.25) is 0 Å². The summed E-state index contributed by atoms with van der Waals surface area (Å²) in [6.45, 7) is 8.74. The van der Waals surface area contributed by atoms with Crippen molar-refractivity contribution < 1.29 is 4.74 Å². The van der Waals surface area contributed by atoms with Crippen LogP contribution >= 0.6 is 12.4 Å². The van der Waals surface area contributed by atoms with Crippen LogP contribution in [-0.2, 0) is 0 Å². The van der Waals surface area contributed by atoms with Crippen LogP contribution in [0.3, 0.4) is 0 Å². The predicted molar refractivity (Wildman–Crippen MR) is 76.4 cm³/mol. The molecule has 0 bridgehead atoms. The number of halogens is 1. The van der Waals surface area contributed by atoms with Crippen LogP contribution < -0.4 is 10.1 Å². The average molecular weight is 258 g/mol. The van der Waals surface area contributed by atoms with Gasteiger partial charge in [0.1, 0.15) is 5.75 Å². The summed E-state index contributed by atoms with van der Waals surface area (Å²) in [6, 6.07) is 8.24. The van der Waals surface area contributed by atoms with E-state index in [0.717, 1.165) is 18.8 Å². The fraction of sp³-hybridized carbons (Fsp3) is 0.571. The van der Waals surface area contributed by atoms with Crippen molar-refractivity contribution in [1.82, 2.24) is 5.32 Å².